The van der Waals surface area contributed by atoms with Crippen molar-refractivity contribution >= 4 is 22.8 Å². The second-order valence-corrected chi connectivity index (χ2v) is 9.79. The molecule has 1 saturated heterocycles. The molecule has 190 valence electrons. The summed E-state index contributed by atoms with van der Waals surface area (Å²) in [7, 11) is 0. The van der Waals surface area contributed by atoms with Gasteiger partial charge in [-0.3, -0.25) is 10.4 Å². The number of hydrogen-bond donors (Lipinski definition) is 4. The first-order valence-electron chi connectivity index (χ1n) is 12.4. The number of anilines is 2. The molecule has 8 nitrogen and oxygen atoms in total. The van der Waals surface area contributed by atoms with E-state index in [-0.39, 0.29) is 17.6 Å². The van der Waals surface area contributed by atoms with Gasteiger partial charge in [-0.2, -0.15) is 0 Å². The molecule has 2 aliphatic rings. The Bertz CT molecular complexity index is 1630. The van der Waals surface area contributed by atoms with Gasteiger partial charge in [0.15, 0.2) is 0 Å². The Labute approximate surface area is 219 Å². The molecule has 1 aliphatic carbocycles. The number of aromatic amines is 1. The Morgan fingerprint density at radius 2 is 1.92 bits per heavy atom. The minimum absolute atomic E-state index is 0.147. The molecule has 38 heavy (non-hydrogen) atoms. The number of pyridine rings is 1. The summed E-state index contributed by atoms with van der Waals surface area (Å²) in [6.45, 7) is 3.52. The second-order valence-electron chi connectivity index (χ2n) is 9.79. The van der Waals surface area contributed by atoms with Gasteiger partial charge in [-0.15, -0.1) is 0 Å². The number of aromatic nitrogens is 4. The molecular formula is C29H27FN8. The molecule has 1 fully saturated rings. The quantitative estimate of drug-likeness (QED) is 0.301. The van der Waals surface area contributed by atoms with Crippen LogP contribution in [0.1, 0.15) is 35.1 Å². The van der Waals surface area contributed by atoms with Crippen molar-refractivity contribution in [1.29, 1.82) is 5.41 Å². The molecule has 0 amide bonds. The SMILES string of the molecule is CC1=CC=C(c2cccc(F)c2)c2cc(C(=N)c3nc(-c4cncc(N5CC(N)C5)n4)ccc3N)[nH]c2C1. The van der Waals surface area contributed by atoms with Gasteiger partial charge < -0.3 is 21.4 Å². The maximum Gasteiger partial charge on any atom is 0.147 e. The highest BCUT2D eigenvalue weighted by Gasteiger charge is 2.25. The van der Waals surface area contributed by atoms with Crippen molar-refractivity contribution in [1.82, 2.24) is 19.9 Å². The van der Waals surface area contributed by atoms with E-state index >= 15 is 0 Å². The van der Waals surface area contributed by atoms with Crippen LogP contribution in [0, 0.1) is 11.2 Å². The molecule has 6 N–H and O–H groups in total. The van der Waals surface area contributed by atoms with Crippen molar-refractivity contribution in [2.45, 2.75) is 19.4 Å². The summed E-state index contributed by atoms with van der Waals surface area (Å²) in [6.07, 6.45) is 8.09. The summed E-state index contributed by atoms with van der Waals surface area (Å²) in [5.41, 5.74) is 19.5. The van der Waals surface area contributed by atoms with Crippen molar-refractivity contribution in [3.05, 3.63) is 107 Å². The minimum Gasteiger partial charge on any atom is -0.397 e. The molecule has 9 heteroatoms. The van der Waals surface area contributed by atoms with E-state index in [2.05, 4.69) is 14.9 Å². The number of halogens is 1. The van der Waals surface area contributed by atoms with Crippen molar-refractivity contribution in [3.63, 3.8) is 0 Å². The van der Waals surface area contributed by atoms with Crippen molar-refractivity contribution < 1.29 is 4.39 Å². The third-order valence-electron chi connectivity index (χ3n) is 6.87. The summed E-state index contributed by atoms with van der Waals surface area (Å²) in [5, 5.41) is 9.01. The molecule has 4 heterocycles. The minimum atomic E-state index is -0.295. The average Bonchev–Trinajstić information content (AvgIpc) is 3.23. The van der Waals surface area contributed by atoms with Crippen LogP contribution in [0.3, 0.4) is 0 Å². The van der Waals surface area contributed by atoms with Gasteiger partial charge in [0, 0.05) is 36.8 Å². The third-order valence-corrected chi connectivity index (χ3v) is 6.87. The molecule has 0 unspecified atom stereocenters. The molecule has 0 radical (unpaired) electrons. The fourth-order valence-corrected chi connectivity index (χ4v) is 4.84. The number of rotatable bonds is 5. The van der Waals surface area contributed by atoms with Gasteiger partial charge in [-0.05, 0) is 48.4 Å². The zero-order chi connectivity index (χ0) is 26.4. The highest BCUT2D eigenvalue weighted by molar-refractivity contribution is 6.12. The summed E-state index contributed by atoms with van der Waals surface area (Å²) < 4.78 is 14.0. The number of nitrogen functional groups attached to an aromatic ring is 1. The Hall–Kier alpha value is -4.63. The van der Waals surface area contributed by atoms with Crippen LogP contribution in [0.25, 0.3) is 17.0 Å². The van der Waals surface area contributed by atoms with Crippen LogP contribution in [-0.2, 0) is 6.42 Å². The van der Waals surface area contributed by atoms with E-state index < -0.39 is 0 Å². The molecule has 3 aromatic heterocycles. The van der Waals surface area contributed by atoms with Crippen LogP contribution < -0.4 is 16.4 Å². The Morgan fingerprint density at radius 1 is 1.08 bits per heavy atom. The summed E-state index contributed by atoms with van der Waals surface area (Å²) >= 11 is 0. The van der Waals surface area contributed by atoms with Crippen LogP contribution in [0.5, 0.6) is 0 Å². The van der Waals surface area contributed by atoms with Gasteiger partial charge in [0.25, 0.3) is 0 Å². The third kappa shape index (κ3) is 4.37. The van der Waals surface area contributed by atoms with Crippen LogP contribution in [0.2, 0.25) is 0 Å². The summed E-state index contributed by atoms with van der Waals surface area (Å²) in [6, 6.07) is 12.1. The van der Waals surface area contributed by atoms with Gasteiger partial charge in [-0.1, -0.05) is 29.9 Å². The lowest BCUT2D eigenvalue weighted by atomic mass is 9.97. The lowest BCUT2D eigenvalue weighted by Crippen LogP contribution is -2.56. The molecule has 0 spiro atoms. The molecule has 1 aromatic carbocycles. The van der Waals surface area contributed by atoms with Gasteiger partial charge in [0.1, 0.15) is 28.7 Å². The number of fused-ring (bicyclic) bond motifs is 1. The predicted molar refractivity (Wildman–Crippen MR) is 148 cm³/mol. The van der Waals surface area contributed by atoms with Crippen LogP contribution >= 0.6 is 0 Å². The molecule has 0 atom stereocenters. The number of H-pyrrole nitrogens is 1. The van der Waals surface area contributed by atoms with Crippen LogP contribution in [-0.4, -0.2) is 44.8 Å². The maximum absolute atomic E-state index is 14.0. The number of benzene rings is 1. The smallest absolute Gasteiger partial charge is 0.147 e. The average molecular weight is 507 g/mol. The first-order chi connectivity index (χ1) is 18.4. The molecular weight excluding hydrogens is 479 g/mol. The molecule has 6 rings (SSSR count). The number of nitrogens with zero attached hydrogens (tertiary/aromatic N) is 4. The van der Waals surface area contributed by atoms with Crippen LogP contribution in [0.4, 0.5) is 15.9 Å². The van der Waals surface area contributed by atoms with E-state index in [9.17, 15) is 4.39 Å². The van der Waals surface area contributed by atoms with Crippen LogP contribution in [0.15, 0.2) is 72.6 Å². The first kappa shape index (κ1) is 23.7. The Balaban J connectivity index is 1.35. The van der Waals surface area contributed by atoms with Gasteiger partial charge in [0.2, 0.25) is 0 Å². The predicted octanol–water partition coefficient (Wildman–Crippen LogP) is 4.09. The van der Waals surface area contributed by atoms with Crippen molar-refractivity contribution in [2.24, 2.45) is 5.73 Å². The molecule has 4 aromatic rings. The largest absolute Gasteiger partial charge is 0.397 e. The fourth-order valence-electron chi connectivity index (χ4n) is 4.84. The summed E-state index contributed by atoms with van der Waals surface area (Å²) in [5.74, 6) is 0.448. The standard InChI is InChI=1S/C29H27FN8/c1-16-5-6-20(17-3-2-4-18(30)10-17)21-11-25(35-24(21)9-16)28(33)29-22(32)7-8-23(37-29)26-12-34-13-27(36-26)38-14-19(31)15-38/h2-8,10-13,19,33,35H,9,14-15,31-32H2,1H3. The van der Waals surface area contributed by atoms with Gasteiger partial charge >= 0.3 is 0 Å². The Morgan fingerprint density at radius 3 is 2.71 bits per heavy atom. The monoisotopic (exact) mass is 506 g/mol. The zero-order valence-corrected chi connectivity index (χ0v) is 20.9. The second kappa shape index (κ2) is 9.35. The first-order valence-corrected chi connectivity index (χ1v) is 12.4. The number of nitrogens with two attached hydrogens (primary N) is 2. The topological polar surface area (TPSA) is 134 Å². The maximum atomic E-state index is 14.0. The van der Waals surface area contributed by atoms with E-state index in [1.165, 1.54) is 12.1 Å². The molecule has 0 bridgehead atoms. The van der Waals surface area contributed by atoms with E-state index in [0.717, 1.165) is 46.9 Å². The van der Waals surface area contributed by atoms with Gasteiger partial charge in [0.05, 0.1) is 29.5 Å². The van der Waals surface area contributed by atoms with E-state index in [0.29, 0.717) is 34.9 Å². The zero-order valence-electron chi connectivity index (χ0n) is 20.9. The molecule has 1 aliphatic heterocycles. The fraction of sp³-hybridized carbons (Fsp3) is 0.172. The number of allylic oxidation sites excluding steroid dienone is 3. The van der Waals surface area contributed by atoms with Gasteiger partial charge in [-0.25, -0.2) is 14.4 Å². The van der Waals surface area contributed by atoms with Crippen molar-refractivity contribution in [2.75, 3.05) is 23.7 Å². The summed E-state index contributed by atoms with van der Waals surface area (Å²) in [4.78, 5) is 19.2. The van der Waals surface area contributed by atoms with E-state index in [1.54, 1.807) is 30.6 Å². The number of hydrogen-bond acceptors (Lipinski definition) is 7. The lowest BCUT2D eigenvalue weighted by molar-refractivity contribution is 0.514. The Kier molecular flexibility index (Phi) is 5.84. The van der Waals surface area contributed by atoms with E-state index in [4.69, 9.17) is 26.8 Å². The number of nitrogens with one attached hydrogen (secondary N) is 2. The molecule has 0 saturated carbocycles. The normalized spacial score (nSPS) is 15.3. The van der Waals surface area contributed by atoms with Crippen molar-refractivity contribution in [3.8, 4) is 11.4 Å². The lowest BCUT2D eigenvalue weighted by Gasteiger charge is -2.37. The highest BCUT2D eigenvalue weighted by atomic mass is 19.1. The highest BCUT2D eigenvalue weighted by Crippen LogP contribution is 2.33. The van der Waals surface area contributed by atoms with E-state index in [1.807, 2.05) is 31.2 Å².